The zero-order chi connectivity index (χ0) is 12.9. The lowest BCUT2D eigenvalue weighted by Crippen LogP contribution is -2.43. The van der Waals surface area contributed by atoms with Gasteiger partial charge in [-0.1, -0.05) is 6.92 Å². The van der Waals surface area contributed by atoms with Gasteiger partial charge in [0.2, 0.25) is 0 Å². The van der Waals surface area contributed by atoms with Crippen LogP contribution in [0, 0.1) is 23.0 Å². The van der Waals surface area contributed by atoms with E-state index in [2.05, 4.69) is 11.4 Å². The van der Waals surface area contributed by atoms with E-state index in [-0.39, 0.29) is 4.90 Å². The van der Waals surface area contributed by atoms with Gasteiger partial charge >= 0.3 is 0 Å². The van der Waals surface area contributed by atoms with Gasteiger partial charge < -0.3 is 0 Å². The number of nitrogens with zero attached hydrogens (tertiary/aromatic N) is 1. The van der Waals surface area contributed by atoms with Gasteiger partial charge in [0.25, 0.3) is 0 Å². The van der Waals surface area contributed by atoms with E-state index in [1.165, 1.54) is 0 Å². The van der Waals surface area contributed by atoms with E-state index in [1.807, 2.05) is 6.92 Å². The standard InChI is InChI=1S/C12H14F2N2S/c1-3-16-12(2,7-15)8-17-11-6-9(13)4-5-10(11)14/h4-6,16H,3,8H2,1-2H3. The Morgan fingerprint density at radius 1 is 1.47 bits per heavy atom. The van der Waals surface area contributed by atoms with Crippen LogP contribution in [-0.2, 0) is 0 Å². The van der Waals surface area contributed by atoms with Crippen LogP contribution < -0.4 is 5.32 Å². The number of hydrogen-bond donors (Lipinski definition) is 1. The number of hydrogen-bond acceptors (Lipinski definition) is 3. The lowest BCUT2D eigenvalue weighted by molar-refractivity contribution is 0.510. The van der Waals surface area contributed by atoms with Gasteiger partial charge in [-0.2, -0.15) is 5.26 Å². The van der Waals surface area contributed by atoms with Crippen LogP contribution in [0.25, 0.3) is 0 Å². The number of nitriles is 1. The summed E-state index contributed by atoms with van der Waals surface area (Å²) >= 11 is 1.13. The molecule has 0 fully saturated rings. The average Bonchev–Trinajstić information content (AvgIpc) is 2.31. The molecule has 1 atom stereocenters. The normalized spacial score (nSPS) is 14.1. The summed E-state index contributed by atoms with van der Waals surface area (Å²) in [6, 6.07) is 5.45. The van der Waals surface area contributed by atoms with Crippen molar-refractivity contribution in [3.05, 3.63) is 29.8 Å². The summed E-state index contributed by atoms with van der Waals surface area (Å²) in [6.07, 6.45) is 0. The molecule has 1 aromatic rings. The van der Waals surface area contributed by atoms with Crippen molar-refractivity contribution >= 4 is 11.8 Å². The Morgan fingerprint density at radius 3 is 2.76 bits per heavy atom. The fraction of sp³-hybridized carbons (Fsp3) is 0.417. The predicted molar refractivity (Wildman–Crippen MR) is 64.8 cm³/mol. The second kappa shape index (κ2) is 5.99. The zero-order valence-electron chi connectivity index (χ0n) is 9.76. The minimum absolute atomic E-state index is 0.226. The van der Waals surface area contributed by atoms with Gasteiger partial charge in [-0.3, -0.25) is 5.32 Å². The number of thioether (sulfide) groups is 1. The minimum Gasteiger partial charge on any atom is -0.299 e. The van der Waals surface area contributed by atoms with Gasteiger partial charge in [-0.15, -0.1) is 11.8 Å². The van der Waals surface area contributed by atoms with Crippen LogP contribution in [-0.4, -0.2) is 17.8 Å². The minimum atomic E-state index is -0.738. The SMILES string of the molecule is CCNC(C)(C#N)CSc1cc(F)ccc1F. The molecule has 1 unspecified atom stereocenters. The van der Waals surface area contributed by atoms with Crippen LogP contribution in [0.5, 0.6) is 0 Å². The topological polar surface area (TPSA) is 35.8 Å². The first-order valence-corrected chi connectivity index (χ1v) is 6.23. The molecule has 1 rings (SSSR count). The molecule has 1 N–H and O–H groups in total. The molecule has 1 aromatic carbocycles. The molecule has 0 aliphatic heterocycles. The largest absolute Gasteiger partial charge is 0.299 e. The first kappa shape index (κ1) is 13.9. The van der Waals surface area contributed by atoms with Crippen molar-refractivity contribution in [3.63, 3.8) is 0 Å². The van der Waals surface area contributed by atoms with E-state index in [1.54, 1.807) is 6.92 Å². The Labute approximate surface area is 104 Å². The van der Waals surface area contributed by atoms with E-state index < -0.39 is 17.2 Å². The van der Waals surface area contributed by atoms with Gasteiger partial charge in [-0.25, -0.2) is 8.78 Å². The monoisotopic (exact) mass is 256 g/mol. The van der Waals surface area contributed by atoms with E-state index in [9.17, 15) is 8.78 Å². The molecule has 2 nitrogen and oxygen atoms in total. The molecule has 0 saturated carbocycles. The molecule has 0 bridgehead atoms. The van der Waals surface area contributed by atoms with Crippen molar-refractivity contribution in [1.82, 2.24) is 5.32 Å². The highest BCUT2D eigenvalue weighted by atomic mass is 32.2. The fourth-order valence-electron chi connectivity index (χ4n) is 1.32. The predicted octanol–water partition coefficient (Wildman–Crippen LogP) is 2.95. The molecule has 0 saturated heterocycles. The maximum absolute atomic E-state index is 13.3. The summed E-state index contributed by atoms with van der Waals surface area (Å²) in [5.41, 5.74) is -0.738. The zero-order valence-corrected chi connectivity index (χ0v) is 10.6. The first-order chi connectivity index (χ1) is 8.00. The molecule has 0 spiro atoms. The van der Waals surface area contributed by atoms with E-state index in [0.717, 1.165) is 30.0 Å². The average molecular weight is 256 g/mol. The Kier molecular flexibility index (Phi) is 4.91. The molecule has 92 valence electrons. The maximum atomic E-state index is 13.3. The van der Waals surface area contributed by atoms with Crippen LogP contribution in [0.15, 0.2) is 23.1 Å². The van der Waals surface area contributed by atoms with Crippen molar-refractivity contribution in [2.75, 3.05) is 12.3 Å². The lowest BCUT2D eigenvalue weighted by Gasteiger charge is -2.21. The molecular formula is C12H14F2N2S. The number of nitrogens with one attached hydrogen (secondary N) is 1. The highest BCUT2D eigenvalue weighted by Crippen LogP contribution is 2.25. The molecule has 17 heavy (non-hydrogen) atoms. The van der Waals surface area contributed by atoms with Crippen molar-refractivity contribution in [3.8, 4) is 6.07 Å². The van der Waals surface area contributed by atoms with Crippen molar-refractivity contribution in [1.29, 1.82) is 5.26 Å². The smallest absolute Gasteiger partial charge is 0.136 e. The molecule has 0 amide bonds. The second-order valence-corrected chi connectivity index (χ2v) is 4.85. The van der Waals surface area contributed by atoms with E-state index in [4.69, 9.17) is 5.26 Å². The van der Waals surface area contributed by atoms with Crippen LogP contribution in [0.4, 0.5) is 8.78 Å². The third-order valence-corrected chi connectivity index (χ3v) is 3.57. The Bertz CT molecular complexity index is 431. The van der Waals surface area contributed by atoms with Gasteiger partial charge in [0.05, 0.1) is 6.07 Å². The summed E-state index contributed by atoms with van der Waals surface area (Å²) in [5.74, 6) is -0.582. The summed E-state index contributed by atoms with van der Waals surface area (Å²) in [6.45, 7) is 4.28. The van der Waals surface area contributed by atoms with Gasteiger partial charge in [-0.05, 0) is 31.7 Å². The third kappa shape index (κ3) is 3.99. The van der Waals surface area contributed by atoms with Gasteiger partial charge in [0.1, 0.15) is 17.2 Å². The Hall–Kier alpha value is -1.12. The number of halogens is 2. The van der Waals surface area contributed by atoms with Crippen LogP contribution >= 0.6 is 11.8 Å². The second-order valence-electron chi connectivity index (χ2n) is 3.84. The Morgan fingerprint density at radius 2 is 2.18 bits per heavy atom. The molecular weight excluding hydrogens is 242 g/mol. The quantitative estimate of drug-likeness (QED) is 0.823. The number of benzene rings is 1. The number of rotatable bonds is 5. The van der Waals surface area contributed by atoms with Crippen LogP contribution in [0.3, 0.4) is 0 Å². The van der Waals surface area contributed by atoms with Gasteiger partial charge in [0.15, 0.2) is 0 Å². The Balaban J connectivity index is 2.73. The fourth-order valence-corrected chi connectivity index (χ4v) is 2.34. The summed E-state index contributed by atoms with van der Waals surface area (Å²) in [7, 11) is 0. The highest BCUT2D eigenvalue weighted by Gasteiger charge is 2.23. The lowest BCUT2D eigenvalue weighted by atomic mass is 10.1. The molecule has 0 heterocycles. The maximum Gasteiger partial charge on any atom is 0.136 e. The van der Waals surface area contributed by atoms with E-state index >= 15 is 0 Å². The van der Waals surface area contributed by atoms with Crippen molar-refractivity contribution < 1.29 is 8.78 Å². The molecule has 0 radical (unpaired) electrons. The van der Waals surface area contributed by atoms with Gasteiger partial charge in [0, 0.05) is 10.6 Å². The van der Waals surface area contributed by atoms with Crippen LogP contribution in [0.1, 0.15) is 13.8 Å². The summed E-state index contributed by atoms with van der Waals surface area (Å²) in [4.78, 5) is 0.226. The summed E-state index contributed by atoms with van der Waals surface area (Å²) in [5, 5.41) is 12.0. The first-order valence-electron chi connectivity index (χ1n) is 5.25. The highest BCUT2D eigenvalue weighted by molar-refractivity contribution is 7.99. The van der Waals surface area contributed by atoms with Crippen LogP contribution in [0.2, 0.25) is 0 Å². The molecule has 0 aromatic heterocycles. The third-order valence-electron chi connectivity index (χ3n) is 2.22. The molecule has 0 aliphatic rings. The molecule has 5 heteroatoms. The van der Waals surface area contributed by atoms with E-state index in [0.29, 0.717) is 12.3 Å². The molecule has 0 aliphatic carbocycles. The van der Waals surface area contributed by atoms with Crippen molar-refractivity contribution in [2.24, 2.45) is 0 Å². The summed E-state index contributed by atoms with van der Waals surface area (Å²) < 4.78 is 26.3. The van der Waals surface area contributed by atoms with Crippen molar-refractivity contribution in [2.45, 2.75) is 24.3 Å².